The summed E-state index contributed by atoms with van der Waals surface area (Å²) in [5.41, 5.74) is 3.02. The molecule has 2 fully saturated rings. The van der Waals surface area contributed by atoms with Gasteiger partial charge in [-0.2, -0.15) is 0 Å². The number of aliphatic hydroxyl groups excluding tert-OH is 1. The van der Waals surface area contributed by atoms with Crippen LogP contribution in [0.1, 0.15) is 61.6 Å². The summed E-state index contributed by atoms with van der Waals surface area (Å²) in [7, 11) is 0. The number of phenolic OH excluding ortho intramolecular Hbond substituents is 1. The second-order valence-corrected chi connectivity index (χ2v) is 8.30. The van der Waals surface area contributed by atoms with Crippen LogP contribution in [0.3, 0.4) is 0 Å². The number of aliphatic hydroxyl groups is 1. The van der Waals surface area contributed by atoms with Gasteiger partial charge in [0.25, 0.3) is 0 Å². The molecule has 130 valence electrons. The maximum absolute atomic E-state index is 11.1. The lowest BCUT2D eigenvalue weighted by atomic mass is 9.55. The summed E-state index contributed by atoms with van der Waals surface area (Å²) < 4.78 is 0. The molecule has 3 aliphatic carbocycles. The standard InChI is InChI=1S/C20H26O4/c1-20-7-6-13-14(16(20)4-5-18(20)22)3-2-11-9-17(21)12(8-15(11)13)10-19(23)24/h8-9,13-14,16,18,21-22H,2-7,10H2,1H3,(H,23,24). The summed E-state index contributed by atoms with van der Waals surface area (Å²) in [6.45, 7) is 2.26. The Balaban J connectivity index is 1.70. The van der Waals surface area contributed by atoms with Crippen LogP contribution >= 0.6 is 0 Å². The fourth-order valence-corrected chi connectivity index (χ4v) is 5.93. The Bertz CT molecular complexity index is 682. The van der Waals surface area contributed by atoms with Crippen LogP contribution in [0.5, 0.6) is 5.75 Å². The molecule has 0 radical (unpaired) electrons. The molecular weight excluding hydrogens is 304 g/mol. The smallest absolute Gasteiger partial charge is 0.307 e. The van der Waals surface area contributed by atoms with Crippen molar-refractivity contribution in [3.05, 3.63) is 28.8 Å². The summed E-state index contributed by atoms with van der Waals surface area (Å²) in [6.07, 6.45) is 5.87. The number of carbonyl (C=O) groups is 1. The zero-order chi connectivity index (χ0) is 17.1. The zero-order valence-electron chi connectivity index (χ0n) is 14.2. The number of carboxylic acids is 1. The van der Waals surface area contributed by atoms with Crippen molar-refractivity contribution in [1.29, 1.82) is 0 Å². The molecule has 0 aromatic heterocycles. The van der Waals surface area contributed by atoms with Gasteiger partial charge in [0, 0.05) is 5.56 Å². The SMILES string of the molecule is CC12CCC3c4cc(CC(=O)O)c(O)cc4CCC3C1CCC2O. The molecule has 4 heteroatoms. The molecule has 0 saturated heterocycles. The van der Waals surface area contributed by atoms with E-state index in [0.717, 1.165) is 38.5 Å². The monoisotopic (exact) mass is 330 g/mol. The molecule has 2 saturated carbocycles. The van der Waals surface area contributed by atoms with Crippen molar-refractivity contribution in [3.63, 3.8) is 0 Å². The van der Waals surface area contributed by atoms with Crippen molar-refractivity contribution in [2.45, 2.75) is 63.9 Å². The minimum atomic E-state index is -0.909. The molecule has 1 aromatic rings. The highest BCUT2D eigenvalue weighted by atomic mass is 16.4. The molecule has 3 aliphatic rings. The molecule has 0 amide bonds. The molecular formula is C20H26O4. The topological polar surface area (TPSA) is 77.8 Å². The molecule has 5 atom stereocenters. The Morgan fingerprint density at radius 1 is 1.25 bits per heavy atom. The first-order valence-electron chi connectivity index (χ1n) is 9.14. The molecule has 1 aromatic carbocycles. The Hall–Kier alpha value is -1.55. The molecule has 24 heavy (non-hydrogen) atoms. The summed E-state index contributed by atoms with van der Waals surface area (Å²) in [6, 6.07) is 3.74. The van der Waals surface area contributed by atoms with Gasteiger partial charge in [0.2, 0.25) is 0 Å². The predicted octanol–water partition coefficient (Wildman–Crippen LogP) is 3.24. The van der Waals surface area contributed by atoms with Gasteiger partial charge in [0.05, 0.1) is 12.5 Å². The van der Waals surface area contributed by atoms with Crippen molar-refractivity contribution >= 4 is 5.97 Å². The quantitative estimate of drug-likeness (QED) is 0.778. The summed E-state index contributed by atoms with van der Waals surface area (Å²) in [5.74, 6) is 0.802. The Labute approximate surface area is 142 Å². The minimum absolute atomic E-state index is 0.0550. The molecule has 4 nitrogen and oxygen atoms in total. The van der Waals surface area contributed by atoms with Crippen molar-refractivity contribution in [2.75, 3.05) is 0 Å². The van der Waals surface area contributed by atoms with E-state index in [4.69, 9.17) is 5.11 Å². The third-order valence-electron chi connectivity index (χ3n) is 7.22. The molecule has 0 aliphatic heterocycles. The highest BCUT2D eigenvalue weighted by Crippen LogP contribution is 2.61. The Morgan fingerprint density at radius 3 is 2.79 bits per heavy atom. The lowest BCUT2D eigenvalue weighted by Gasteiger charge is -2.50. The van der Waals surface area contributed by atoms with Gasteiger partial charge in [-0.25, -0.2) is 0 Å². The normalized spacial score (nSPS) is 37.4. The van der Waals surface area contributed by atoms with Crippen LogP contribution in [-0.2, 0) is 17.6 Å². The Morgan fingerprint density at radius 2 is 2.04 bits per heavy atom. The molecule has 4 rings (SSSR count). The number of rotatable bonds is 2. The van der Waals surface area contributed by atoms with Crippen LogP contribution in [0.15, 0.2) is 12.1 Å². The highest BCUT2D eigenvalue weighted by Gasteiger charge is 2.54. The lowest BCUT2D eigenvalue weighted by Crippen LogP contribution is -2.43. The van der Waals surface area contributed by atoms with E-state index >= 15 is 0 Å². The van der Waals surface area contributed by atoms with Gasteiger partial charge in [0.1, 0.15) is 5.75 Å². The number of benzene rings is 1. The average Bonchev–Trinajstić information content (AvgIpc) is 2.83. The number of aliphatic carboxylic acids is 1. The van der Waals surface area contributed by atoms with Crippen molar-refractivity contribution in [2.24, 2.45) is 17.3 Å². The van der Waals surface area contributed by atoms with Crippen LogP contribution in [0.25, 0.3) is 0 Å². The van der Waals surface area contributed by atoms with Crippen molar-refractivity contribution in [3.8, 4) is 5.75 Å². The molecule has 3 N–H and O–H groups in total. The van der Waals surface area contributed by atoms with Gasteiger partial charge in [-0.05, 0) is 78.9 Å². The third kappa shape index (κ3) is 2.26. The van der Waals surface area contributed by atoms with Crippen LogP contribution in [0.2, 0.25) is 0 Å². The van der Waals surface area contributed by atoms with Crippen LogP contribution in [0.4, 0.5) is 0 Å². The number of aromatic hydroxyl groups is 1. The third-order valence-corrected chi connectivity index (χ3v) is 7.22. The van der Waals surface area contributed by atoms with Gasteiger partial charge >= 0.3 is 5.97 Å². The maximum atomic E-state index is 11.1. The number of fused-ring (bicyclic) bond motifs is 5. The summed E-state index contributed by atoms with van der Waals surface area (Å²) in [5, 5.41) is 29.7. The van der Waals surface area contributed by atoms with E-state index in [1.165, 1.54) is 11.1 Å². The Kier molecular flexibility index (Phi) is 3.64. The highest BCUT2D eigenvalue weighted by molar-refractivity contribution is 5.71. The number of hydrogen-bond donors (Lipinski definition) is 3. The van der Waals surface area contributed by atoms with Crippen molar-refractivity contribution < 1.29 is 20.1 Å². The first-order valence-corrected chi connectivity index (χ1v) is 9.14. The number of hydrogen-bond acceptors (Lipinski definition) is 3. The second-order valence-electron chi connectivity index (χ2n) is 8.30. The fourth-order valence-electron chi connectivity index (χ4n) is 5.93. The van der Waals surface area contributed by atoms with Gasteiger partial charge in [-0.1, -0.05) is 13.0 Å². The largest absolute Gasteiger partial charge is 0.508 e. The van der Waals surface area contributed by atoms with Crippen LogP contribution in [-0.4, -0.2) is 27.4 Å². The van der Waals surface area contributed by atoms with Crippen molar-refractivity contribution in [1.82, 2.24) is 0 Å². The van der Waals surface area contributed by atoms with E-state index in [1.807, 2.05) is 6.07 Å². The van der Waals surface area contributed by atoms with E-state index in [2.05, 4.69) is 6.92 Å². The molecule has 0 spiro atoms. The van der Waals surface area contributed by atoms with Gasteiger partial charge in [-0.3, -0.25) is 4.79 Å². The maximum Gasteiger partial charge on any atom is 0.307 e. The predicted molar refractivity (Wildman–Crippen MR) is 90.1 cm³/mol. The number of phenols is 1. The second kappa shape index (κ2) is 5.48. The van der Waals surface area contributed by atoms with E-state index in [9.17, 15) is 15.0 Å². The van der Waals surface area contributed by atoms with Crippen LogP contribution < -0.4 is 0 Å². The van der Waals surface area contributed by atoms with E-state index in [0.29, 0.717) is 23.3 Å². The van der Waals surface area contributed by atoms with Gasteiger partial charge < -0.3 is 15.3 Å². The summed E-state index contributed by atoms with van der Waals surface area (Å²) >= 11 is 0. The molecule has 5 unspecified atom stereocenters. The average molecular weight is 330 g/mol. The first-order chi connectivity index (χ1) is 11.4. The van der Waals surface area contributed by atoms with Gasteiger partial charge in [-0.15, -0.1) is 0 Å². The first kappa shape index (κ1) is 15.9. The lowest BCUT2D eigenvalue weighted by molar-refractivity contribution is -0.136. The number of aryl methyl sites for hydroxylation is 1. The minimum Gasteiger partial charge on any atom is -0.508 e. The fraction of sp³-hybridized carbons (Fsp3) is 0.650. The molecule has 0 bridgehead atoms. The van der Waals surface area contributed by atoms with Gasteiger partial charge in [0.15, 0.2) is 0 Å². The van der Waals surface area contributed by atoms with E-state index in [-0.39, 0.29) is 23.7 Å². The van der Waals surface area contributed by atoms with E-state index < -0.39 is 5.97 Å². The summed E-state index contributed by atoms with van der Waals surface area (Å²) in [4.78, 5) is 11.1. The van der Waals surface area contributed by atoms with E-state index in [1.54, 1.807) is 6.07 Å². The van der Waals surface area contributed by atoms with Crippen LogP contribution in [0, 0.1) is 17.3 Å². The number of carboxylic acid groups (broad SMARTS) is 1. The molecule has 0 heterocycles. The zero-order valence-corrected chi connectivity index (χ0v) is 14.2.